The number of carbonyl (C=O) groups is 2. The van der Waals surface area contributed by atoms with E-state index in [0.29, 0.717) is 29.7 Å². The van der Waals surface area contributed by atoms with Gasteiger partial charge in [0.1, 0.15) is 0 Å². The fraction of sp³-hybridized carbons (Fsp3) is 0.548. The lowest BCUT2D eigenvalue weighted by Crippen LogP contribution is -2.60. The first kappa shape index (κ1) is 28.7. The molecule has 2 aliphatic rings. The van der Waals surface area contributed by atoms with Crippen LogP contribution in [-0.4, -0.2) is 64.4 Å². The molecule has 4 rings (SSSR count). The maximum atomic E-state index is 13.4. The Kier molecular flexibility index (Phi) is 9.91. The Balaban J connectivity index is 1.50. The van der Waals surface area contributed by atoms with Gasteiger partial charge in [-0.2, -0.15) is 0 Å². The van der Waals surface area contributed by atoms with Gasteiger partial charge in [-0.25, -0.2) is 0 Å². The number of amides is 2. The highest BCUT2D eigenvalue weighted by Gasteiger charge is 2.41. The van der Waals surface area contributed by atoms with Crippen molar-refractivity contribution in [1.29, 1.82) is 0 Å². The van der Waals surface area contributed by atoms with Crippen molar-refractivity contribution in [3.8, 4) is 0 Å². The van der Waals surface area contributed by atoms with Crippen molar-refractivity contribution in [1.82, 2.24) is 15.5 Å². The normalized spacial score (nSPS) is 23.6. The van der Waals surface area contributed by atoms with Crippen molar-refractivity contribution in [3.05, 3.63) is 66.2 Å². The molecule has 3 N–H and O–H groups in total. The predicted molar refractivity (Wildman–Crippen MR) is 154 cm³/mol. The molecule has 1 heterocycles. The van der Waals surface area contributed by atoms with Gasteiger partial charge >= 0.3 is 0 Å². The molecule has 0 bridgehead atoms. The Bertz CT molecular complexity index is 1040. The molecule has 0 unspecified atom stereocenters. The summed E-state index contributed by atoms with van der Waals surface area (Å²) in [6, 6.07) is 18.4. The van der Waals surface area contributed by atoms with Crippen LogP contribution in [0.3, 0.4) is 0 Å². The molecule has 2 aromatic carbocycles. The Morgan fingerprint density at radius 2 is 1.63 bits per heavy atom. The summed E-state index contributed by atoms with van der Waals surface area (Å²) in [5.74, 6) is 1.50. The minimum atomic E-state index is -0.816. The van der Waals surface area contributed by atoms with E-state index < -0.39 is 12.1 Å². The molecule has 0 spiro atoms. The highest BCUT2D eigenvalue weighted by Crippen LogP contribution is 2.39. The fourth-order valence-corrected chi connectivity index (χ4v) is 6.81. The monoisotopic (exact) mass is 537 g/mol. The maximum absolute atomic E-state index is 13.4. The number of fused-ring (bicyclic) bond motifs is 1. The van der Waals surface area contributed by atoms with E-state index in [9.17, 15) is 14.7 Å². The van der Waals surface area contributed by atoms with Gasteiger partial charge in [-0.05, 0) is 69.7 Å². The zero-order chi connectivity index (χ0) is 27.1. The summed E-state index contributed by atoms with van der Waals surface area (Å²) in [4.78, 5) is 29.8. The number of likely N-dealkylation sites (tertiary alicyclic amines) is 1. The van der Waals surface area contributed by atoms with Gasteiger partial charge in [-0.1, -0.05) is 55.7 Å². The zero-order valence-electron chi connectivity index (χ0n) is 22.9. The van der Waals surface area contributed by atoms with E-state index in [2.05, 4.69) is 15.5 Å². The number of carbonyl (C=O) groups excluding carboxylic acids is 2. The molecule has 1 saturated heterocycles. The van der Waals surface area contributed by atoms with Gasteiger partial charge in [-0.3, -0.25) is 14.5 Å². The predicted octanol–water partition coefficient (Wildman–Crippen LogP) is 4.73. The molecule has 7 heteroatoms. The van der Waals surface area contributed by atoms with E-state index in [0.717, 1.165) is 17.9 Å². The van der Waals surface area contributed by atoms with Crippen LogP contribution in [0.2, 0.25) is 0 Å². The number of thioether (sulfide) groups is 1. The highest BCUT2D eigenvalue weighted by molar-refractivity contribution is 7.99. The van der Waals surface area contributed by atoms with Crippen molar-refractivity contribution in [2.45, 2.75) is 81.5 Å². The number of piperidine rings is 1. The third kappa shape index (κ3) is 8.08. The second-order valence-corrected chi connectivity index (χ2v) is 13.0. The van der Waals surface area contributed by atoms with Crippen LogP contribution < -0.4 is 10.6 Å². The SMILES string of the molecule is CC(C)(C)NC(=O)[C@@H]1C[C@@H]2CCCC[C@@H]2CN1C[C@H](O)[C@H](CSc1ccccc1)NC(=O)c1ccccc1. The van der Waals surface area contributed by atoms with Gasteiger partial charge in [0, 0.05) is 34.8 Å². The zero-order valence-corrected chi connectivity index (χ0v) is 23.8. The van der Waals surface area contributed by atoms with E-state index in [1.807, 2.05) is 69.3 Å². The van der Waals surface area contributed by atoms with Gasteiger partial charge < -0.3 is 15.7 Å². The van der Waals surface area contributed by atoms with Crippen LogP contribution >= 0.6 is 11.8 Å². The molecule has 2 aromatic rings. The molecular formula is C31H43N3O3S. The number of hydrogen-bond acceptors (Lipinski definition) is 5. The number of benzene rings is 2. The van der Waals surface area contributed by atoms with Crippen molar-refractivity contribution in [2.75, 3.05) is 18.8 Å². The quantitative estimate of drug-likeness (QED) is 0.403. The molecule has 206 valence electrons. The molecule has 1 saturated carbocycles. The summed E-state index contributed by atoms with van der Waals surface area (Å²) in [6.07, 6.45) is 4.86. The van der Waals surface area contributed by atoms with Gasteiger partial charge in [0.15, 0.2) is 0 Å². The second kappa shape index (κ2) is 13.1. The molecule has 2 fully saturated rings. The first-order valence-corrected chi connectivity index (χ1v) is 15.0. The van der Waals surface area contributed by atoms with Crippen LogP contribution in [-0.2, 0) is 4.79 Å². The van der Waals surface area contributed by atoms with Crippen molar-refractivity contribution < 1.29 is 14.7 Å². The Labute approximate surface area is 232 Å². The van der Waals surface area contributed by atoms with Crippen LogP contribution in [0.15, 0.2) is 65.6 Å². The number of rotatable bonds is 9. The van der Waals surface area contributed by atoms with Gasteiger partial charge in [0.25, 0.3) is 5.91 Å². The van der Waals surface area contributed by atoms with E-state index in [1.54, 1.807) is 23.9 Å². The lowest BCUT2D eigenvalue weighted by Gasteiger charge is -2.47. The van der Waals surface area contributed by atoms with Crippen LogP contribution in [0.5, 0.6) is 0 Å². The lowest BCUT2D eigenvalue weighted by molar-refractivity contribution is -0.132. The summed E-state index contributed by atoms with van der Waals surface area (Å²) < 4.78 is 0. The minimum Gasteiger partial charge on any atom is -0.390 e. The van der Waals surface area contributed by atoms with Crippen molar-refractivity contribution in [3.63, 3.8) is 0 Å². The molecule has 5 atom stereocenters. The Morgan fingerprint density at radius 1 is 1.00 bits per heavy atom. The summed E-state index contributed by atoms with van der Waals surface area (Å²) in [5.41, 5.74) is 0.253. The van der Waals surface area contributed by atoms with Gasteiger partial charge in [0.05, 0.1) is 18.2 Å². The number of β-amino-alcohol motifs (C(OH)–C–C–N with tert-alkyl or cyclic N) is 1. The minimum absolute atomic E-state index is 0.0391. The van der Waals surface area contributed by atoms with Crippen LogP contribution in [0.1, 0.15) is 63.2 Å². The largest absolute Gasteiger partial charge is 0.390 e. The third-order valence-corrected chi connectivity index (χ3v) is 8.85. The molecule has 38 heavy (non-hydrogen) atoms. The summed E-state index contributed by atoms with van der Waals surface area (Å²) >= 11 is 1.62. The Hall–Kier alpha value is -2.35. The maximum Gasteiger partial charge on any atom is 0.251 e. The summed E-state index contributed by atoms with van der Waals surface area (Å²) in [7, 11) is 0. The van der Waals surface area contributed by atoms with E-state index >= 15 is 0 Å². The molecule has 2 amide bonds. The molecule has 6 nitrogen and oxygen atoms in total. The van der Waals surface area contributed by atoms with Crippen molar-refractivity contribution in [2.24, 2.45) is 11.8 Å². The average Bonchev–Trinajstić information content (AvgIpc) is 2.90. The van der Waals surface area contributed by atoms with Gasteiger partial charge in [0.2, 0.25) is 5.91 Å². The molecule has 1 aliphatic heterocycles. The Morgan fingerprint density at radius 3 is 2.29 bits per heavy atom. The van der Waals surface area contributed by atoms with E-state index in [-0.39, 0.29) is 23.4 Å². The molecular weight excluding hydrogens is 494 g/mol. The highest BCUT2D eigenvalue weighted by atomic mass is 32.2. The summed E-state index contributed by atoms with van der Waals surface area (Å²) in [6.45, 7) is 7.18. The van der Waals surface area contributed by atoms with Crippen molar-refractivity contribution >= 4 is 23.6 Å². The number of aliphatic hydroxyl groups is 1. The van der Waals surface area contributed by atoms with Crippen LogP contribution in [0, 0.1) is 11.8 Å². The third-order valence-electron chi connectivity index (χ3n) is 7.71. The average molecular weight is 538 g/mol. The van der Waals surface area contributed by atoms with Crippen LogP contribution in [0.4, 0.5) is 0 Å². The molecule has 0 aromatic heterocycles. The number of aliphatic hydroxyl groups excluding tert-OH is 1. The number of nitrogens with one attached hydrogen (secondary N) is 2. The van der Waals surface area contributed by atoms with Crippen LogP contribution in [0.25, 0.3) is 0 Å². The molecule has 0 radical (unpaired) electrons. The van der Waals surface area contributed by atoms with E-state index in [4.69, 9.17) is 0 Å². The smallest absolute Gasteiger partial charge is 0.251 e. The standard InChI is InChI=1S/C31H43N3O3S/c1-31(2,3)33-30(37)27-18-23-14-10-11-15-24(23)19-34(27)20-28(35)26(21-38-25-16-8-5-9-17-25)32-29(36)22-12-6-4-7-13-22/h4-9,12-13,16-17,23-24,26-28,35H,10-11,14-15,18-21H2,1-3H3,(H,32,36)(H,33,37)/t23-,24+,26-,27-,28-/m0/s1. The van der Waals surface area contributed by atoms with E-state index in [1.165, 1.54) is 25.7 Å². The molecule has 1 aliphatic carbocycles. The first-order chi connectivity index (χ1) is 18.2. The van der Waals surface area contributed by atoms with Gasteiger partial charge in [-0.15, -0.1) is 11.8 Å². The first-order valence-electron chi connectivity index (χ1n) is 14.0. The summed E-state index contributed by atoms with van der Waals surface area (Å²) in [5, 5.41) is 17.8. The topological polar surface area (TPSA) is 81.7 Å². The lowest BCUT2D eigenvalue weighted by atomic mass is 9.72. The fourth-order valence-electron chi connectivity index (χ4n) is 5.79. The number of hydrogen-bond donors (Lipinski definition) is 3. The number of nitrogens with zero attached hydrogens (tertiary/aromatic N) is 1. The second-order valence-electron chi connectivity index (χ2n) is 11.9.